The summed E-state index contributed by atoms with van der Waals surface area (Å²) in [5, 5.41) is 5.80. The molecule has 5 heteroatoms. The number of benzene rings is 2. The smallest absolute Gasteiger partial charge is 0.280 e. The van der Waals surface area contributed by atoms with Gasteiger partial charge in [0.25, 0.3) is 5.91 Å². The molecule has 0 N–H and O–H groups in total. The van der Waals surface area contributed by atoms with Crippen LogP contribution in [0.25, 0.3) is 6.08 Å². The van der Waals surface area contributed by atoms with Crippen LogP contribution in [0.15, 0.2) is 63.7 Å². The first-order valence-corrected chi connectivity index (χ1v) is 7.90. The number of halogens is 1. The van der Waals surface area contributed by atoms with Gasteiger partial charge >= 0.3 is 0 Å². The van der Waals surface area contributed by atoms with Crippen molar-refractivity contribution < 1.29 is 9.53 Å². The van der Waals surface area contributed by atoms with Crippen molar-refractivity contribution in [3.63, 3.8) is 0 Å². The number of hydrogen-bond donors (Lipinski definition) is 0. The molecule has 0 saturated heterocycles. The molecule has 0 unspecified atom stereocenters. The normalized spacial score (nSPS) is 16.0. The predicted octanol–water partition coefficient (Wildman–Crippen LogP) is 4.26. The first-order chi connectivity index (χ1) is 11.1. The van der Waals surface area contributed by atoms with Crippen LogP contribution in [-0.2, 0) is 4.79 Å². The number of ether oxygens (including phenoxy) is 1. The molecular formula is C18H15BrN2O2. The number of hydrazone groups is 1. The van der Waals surface area contributed by atoms with Crippen molar-refractivity contribution in [1.29, 1.82) is 0 Å². The highest BCUT2D eigenvalue weighted by atomic mass is 79.9. The highest BCUT2D eigenvalue weighted by Gasteiger charge is 2.28. The van der Waals surface area contributed by atoms with Crippen molar-refractivity contribution in [1.82, 2.24) is 0 Å². The van der Waals surface area contributed by atoms with Crippen molar-refractivity contribution in [2.45, 2.75) is 6.92 Å². The molecule has 1 amide bonds. The molecule has 4 nitrogen and oxygen atoms in total. The quantitative estimate of drug-likeness (QED) is 0.757. The van der Waals surface area contributed by atoms with Crippen LogP contribution in [0.3, 0.4) is 0 Å². The van der Waals surface area contributed by atoms with E-state index in [-0.39, 0.29) is 5.91 Å². The topological polar surface area (TPSA) is 41.9 Å². The van der Waals surface area contributed by atoms with E-state index in [0.717, 1.165) is 21.5 Å². The molecule has 0 saturated carbocycles. The fourth-order valence-corrected chi connectivity index (χ4v) is 2.65. The van der Waals surface area contributed by atoms with E-state index in [0.29, 0.717) is 11.3 Å². The maximum Gasteiger partial charge on any atom is 0.280 e. The molecule has 1 aliphatic rings. The third-order valence-electron chi connectivity index (χ3n) is 3.57. The van der Waals surface area contributed by atoms with Gasteiger partial charge in [-0.1, -0.05) is 34.1 Å². The van der Waals surface area contributed by atoms with Crippen molar-refractivity contribution in [2.24, 2.45) is 5.10 Å². The fraction of sp³-hybridized carbons (Fsp3) is 0.111. The highest BCUT2D eigenvalue weighted by molar-refractivity contribution is 9.10. The number of para-hydroxylation sites is 1. The molecule has 0 fully saturated rings. The molecule has 1 heterocycles. The van der Waals surface area contributed by atoms with E-state index in [1.807, 2.05) is 61.5 Å². The Balaban J connectivity index is 1.97. The lowest BCUT2D eigenvalue weighted by Gasteiger charge is -2.11. The Bertz CT molecular complexity index is 810. The SMILES string of the molecule is COc1ccccc1C=C1C(=O)N(c2ccc(Br)cc2)N=C1C. The van der Waals surface area contributed by atoms with Crippen LogP contribution >= 0.6 is 15.9 Å². The first kappa shape index (κ1) is 15.5. The number of carbonyl (C=O) groups is 1. The van der Waals surface area contributed by atoms with Crippen LogP contribution in [0.1, 0.15) is 12.5 Å². The maximum atomic E-state index is 12.7. The van der Waals surface area contributed by atoms with Crippen LogP contribution < -0.4 is 9.75 Å². The summed E-state index contributed by atoms with van der Waals surface area (Å²) in [6.07, 6.45) is 1.82. The van der Waals surface area contributed by atoms with Crippen molar-refractivity contribution in [2.75, 3.05) is 12.1 Å². The first-order valence-electron chi connectivity index (χ1n) is 7.10. The standard InChI is InChI=1S/C18H15BrN2O2/c1-12-16(11-13-5-3-4-6-17(13)23-2)18(22)21(20-12)15-9-7-14(19)8-10-15/h3-11H,1-2H3. The summed E-state index contributed by atoms with van der Waals surface area (Å²) in [4.78, 5) is 12.7. The second-order valence-corrected chi connectivity index (χ2v) is 5.99. The van der Waals surface area contributed by atoms with Gasteiger partial charge in [0.1, 0.15) is 5.75 Å². The van der Waals surface area contributed by atoms with Crippen LogP contribution in [0.4, 0.5) is 5.69 Å². The molecule has 2 aromatic rings. The summed E-state index contributed by atoms with van der Waals surface area (Å²) in [7, 11) is 1.61. The summed E-state index contributed by atoms with van der Waals surface area (Å²) in [5.41, 5.74) is 2.84. The number of amides is 1. The summed E-state index contributed by atoms with van der Waals surface area (Å²) in [6.45, 7) is 1.83. The van der Waals surface area contributed by atoms with E-state index in [2.05, 4.69) is 21.0 Å². The number of carbonyl (C=O) groups excluding carboxylic acids is 1. The maximum absolute atomic E-state index is 12.7. The van der Waals surface area contributed by atoms with Gasteiger partial charge in [0.05, 0.1) is 24.1 Å². The minimum Gasteiger partial charge on any atom is -0.496 e. The predicted molar refractivity (Wildman–Crippen MR) is 95.7 cm³/mol. The Kier molecular flexibility index (Phi) is 4.30. The molecular weight excluding hydrogens is 356 g/mol. The average Bonchev–Trinajstić information content (AvgIpc) is 2.84. The zero-order valence-corrected chi connectivity index (χ0v) is 14.4. The number of anilines is 1. The lowest BCUT2D eigenvalue weighted by molar-refractivity contribution is -0.114. The summed E-state index contributed by atoms with van der Waals surface area (Å²) >= 11 is 3.39. The third-order valence-corrected chi connectivity index (χ3v) is 4.10. The Hall–Kier alpha value is -2.40. The minimum atomic E-state index is -0.143. The van der Waals surface area contributed by atoms with Gasteiger partial charge in [-0.15, -0.1) is 0 Å². The number of methoxy groups -OCH3 is 1. The van der Waals surface area contributed by atoms with Crippen molar-refractivity contribution in [3.8, 4) is 5.75 Å². The Morgan fingerprint density at radius 2 is 1.83 bits per heavy atom. The molecule has 0 bridgehead atoms. The van der Waals surface area contributed by atoms with Gasteiger partial charge in [0, 0.05) is 10.0 Å². The lowest BCUT2D eigenvalue weighted by Crippen LogP contribution is -2.21. The second kappa shape index (κ2) is 6.38. The van der Waals surface area contributed by atoms with E-state index >= 15 is 0 Å². The Morgan fingerprint density at radius 3 is 2.52 bits per heavy atom. The van der Waals surface area contributed by atoms with E-state index in [9.17, 15) is 4.79 Å². The Morgan fingerprint density at radius 1 is 1.13 bits per heavy atom. The summed E-state index contributed by atoms with van der Waals surface area (Å²) < 4.78 is 6.29. The van der Waals surface area contributed by atoms with E-state index in [1.54, 1.807) is 7.11 Å². The zero-order valence-electron chi connectivity index (χ0n) is 12.8. The zero-order chi connectivity index (χ0) is 16.4. The Labute approximate surface area is 143 Å². The van der Waals surface area contributed by atoms with Crippen LogP contribution in [-0.4, -0.2) is 18.7 Å². The molecule has 116 valence electrons. The van der Waals surface area contributed by atoms with E-state index < -0.39 is 0 Å². The molecule has 2 aromatic carbocycles. The highest BCUT2D eigenvalue weighted by Crippen LogP contribution is 2.28. The molecule has 0 atom stereocenters. The van der Waals surface area contributed by atoms with Gasteiger partial charge in [0.15, 0.2) is 0 Å². The summed E-state index contributed by atoms with van der Waals surface area (Å²) in [6, 6.07) is 15.1. The number of rotatable bonds is 3. The third kappa shape index (κ3) is 3.05. The van der Waals surface area contributed by atoms with Gasteiger partial charge in [-0.05, 0) is 43.3 Å². The molecule has 0 aromatic heterocycles. The number of hydrogen-bond acceptors (Lipinski definition) is 3. The van der Waals surface area contributed by atoms with Crippen LogP contribution in [0.2, 0.25) is 0 Å². The van der Waals surface area contributed by atoms with Gasteiger partial charge in [-0.25, -0.2) is 0 Å². The van der Waals surface area contributed by atoms with Gasteiger partial charge in [-0.2, -0.15) is 10.1 Å². The van der Waals surface area contributed by atoms with Crippen LogP contribution in [0, 0.1) is 0 Å². The molecule has 0 aliphatic carbocycles. The fourth-order valence-electron chi connectivity index (χ4n) is 2.38. The largest absolute Gasteiger partial charge is 0.496 e. The van der Waals surface area contributed by atoms with Crippen molar-refractivity contribution in [3.05, 3.63) is 64.1 Å². The average molecular weight is 371 g/mol. The van der Waals surface area contributed by atoms with Crippen LogP contribution in [0.5, 0.6) is 5.75 Å². The molecule has 0 radical (unpaired) electrons. The monoisotopic (exact) mass is 370 g/mol. The van der Waals surface area contributed by atoms with E-state index in [4.69, 9.17) is 4.74 Å². The summed E-state index contributed by atoms with van der Waals surface area (Å²) in [5.74, 6) is 0.582. The number of nitrogens with zero attached hydrogens (tertiary/aromatic N) is 2. The molecule has 0 spiro atoms. The lowest BCUT2D eigenvalue weighted by atomic mass is 10.1. The van der Waals surface area contributed by atoms with E-state index in [1.165, 1.54) is 5.01 Å². The minimum absolute atomic E-state index is 0.143. The van der Waals surface area contributed by atoms with Gasteiger partial charge in [0.2, 0.25) is 0 Å². The molecule has 23 heavy (non-hydrogen) atoms. The van der Waals surface area contributed by atoms with Gasteiger partial charge < -0.3 is 4.74 Å². The second-order valence-electron chi connectivity index (χ2n) is 5.08. The van der Waals surface area contributed by atoms with Crippen molar-refractivity contribution >= 4 is 39.3 Å². The molecule has 1 aliphatic heterocycles. The molecule has 3 rings (SSSR count). The van der Waals surface area contributed by atoms with Gasteiger partial charge in [-0.3, -0.25) is 4.79 Å².